The normalized spacial score (nSPS) is 32.3. The predicted octanol–water partition coefficient (Wildman–Crippen LogP) is 7.46. The van der Waals surface area contributed by atoms with Gasteiger partial charge in [-0.3, -0.25) is 0 Å². The van der Waals surface area contributed by atoms with Crippen LogP contribution in [0, 0.1) is 17.3 Å². The van der Waals surface area contributed by atoms with Gasteiger partial charge in [-0.1, -0.05) is 33.8 Å². The molecular weight excluding hydrogens is 596 g/mol. The van der Waals surface area contributed by atoms with Crippen molar-refractivity contribution in [2.24, 2.45) is 17.3 Å². The van der Waals surface area contributed by atoms with Crippen molar-refractivity contribution < 1.29 is 39.5 Å². The topological polar surface area (TPSA) is 71.1 Å². The van der Waals surface area contributed by atoms with Crippen LogP contribution in [-0.4, -0.2) is 46.7 Å². The van der Waals surface area contributed by atoms with Gasteiger partial charge in [-0.25, -0.2) is 0 Å². The second kappa shape index (κ2) is 10.2. The van der Waals surface area contributed by atoms with E-state index < -0.39 is 42.3 Å². The smallest absolute Gasteiger partial charge is 0.413 e. The first-order chi connectivity index (χ1) is 19.4. The van der Waals surface area contributed by atoms with E-state index in [1.165, 1.54) is 6.07 Å². The van der Waals surface area contributed by atoms with Gasteiger partial charge < -0.3 is 17.9 Å². The summed E-state index contributed by atoms with van der Waals surface area (Å²) in [5, 5.41) is 0.131. The van der Waals surface area contributed by atoms with Crippen LogP contribution in [0.3, 0.4) is 0 Å². The SMILES string of the molecule is CC1(C)OB(c2cc3c(cc2OS(=O)(=O)C(F)(F)F)CC[C@@H]2[C@@H]3CC[C@]3(C)[C@@H](O[Si](C)(C)C(C)(C)C)CC[C@@H]23)OC1(C)C. The van der Waals surface area contributed by atoms with Gasteiger partial charge in [0.25, 0.3) is 0 Å². The summed E-state index contributed by atoms with van der Waals surface area (Å²) >= 11 is 0. The maximum absolute atomic E-state index is 13.4. The molecule has 0 unspecified atom stereocenters. The Hall–Kier alpha value is -1.08. The highest BCUT2D eigenvalue weighted by Crippen LogP contribution is 2.62. The summed E-state index contributed by atoms with van der Waals surface area (Å²) < 4.78 is 88.8. The molecule has 0 aromatic heterocycles. The zero-order valence-electron chi connectivity index (χ0n) is 27.3. The fourth-order valence-corrected chi connectivity index (χ4v) is 9.61. The fraction of sp³-hybridized carbons (Fsp3) is 0.806. The minimum Gasteiger partial charge on any atom is -0.413 e. The molecule has 2 saturated carbocycles. The maximum atomic E-state index is 13.4. The minimum absolute atomic E-state index is 0.0760. The van der Waals surface area contributed by atoms with E-state index in [1.54, 1.807) is 0 Å². The largest absolute Gasteiger partial charge is 0.534 e. The molecule has 1 aromatic carbocycles. The first-order valence-corrected chi connectivity index (χ1v) is 19.9. The molecule has 3 aliphatic carbocycles. The van der Waals surface area contributed by atoms with Gasteiger partial charge in [-0.2, -0.15) is 21.6 Å². The molecule has 0 spiro atoms. The van der Waals surface area contributed by atoms with Gasteiger partial charge in [0, 0.05) is 5.46 Å². The molecule has 0 radical (unpaired) electrons. The number of fused-ring (bicyclic) bond motifs is 5. The number of hydrogen-bond donors (Lipinski definition) is 0. The summed E-state index contributed by atoms with van der Waals surface area (Å²) in [5.41, 5.74) is -4.95. The van der Waals surface area contributed by atoms with Gasteiger partial charge in [0.15, 0.2) is 8.32 Å². The Balaban J connectivity index is 1.50. The number of halogens is 3. The Morgan fingerprint density at radius 3 is 2.12 bits per heavy atom. The van der Waals surface area contributed by atoms with E-state index >= 15 is 0 Å². The first kappa shape index (κ1) is 33.3. The predicted molar refractivity (Wildman–Crippen MR) is 164 cm³/mol. The summed E-state index contributed by atoms with van der Waals surface area (Å²) in [6.07, 6.45) is 5.85. The Morgan fingerprint density at radius 2 is 1.56 bits per heavy atom. The van der Waals surface area contributed by atoms with Crippen molar-refractivity contribution in [1.82, 2.24) is 0 Å². The molecule has 43 heavy (non-hydrogen) atoms. The molecule has 0 N–H and O–H groups in total. The van der Waals surface area contributed by atoms with Crippen LogP contribution in [0.25, 0.3) is 0 Å². The van der Waals surface area contributed by atoms with Crippen molar-refractivity contribution in [3.8, 4) is 5.75 Å². The molecule has 1 saturated heterocycles. The van der Waals surface area contributed by atoms with E-state index in [0.717, 1.165) is 43.2 Å². The van der Waals surface area contributed by atoms with Crippen LogP contribution >= 0.6 is 0 Å². The van der Waals surface area contributed by atoms with Crippen LogP contribution in [0.5, 0.6) is 5.75 Å². The van der Waals surface area contributed by atoms with Crippen LogP contribution < -0.4 is 9.65 Å². The van der Waals surface area contributed by atoms with Crippen LogP contribution in [0.15, 0.2) is 12.1 Å². The molecule has 1 aliphatic heterocycles. The lowest BCUT2D eigenvalue weighted by Gasteiger charge is -2.52. The molecule has 1 aromatic rings. The maximum Gasteiger partial charge on any atom is 0.534 e. The number of hydrogen-bond acceptors (Lipinski definition) is 6. The summed E-state index contributed by atoms with van der Waals surface area (Å²) in [7, 11) is -8.91. The third kappa shape index (κ3) is 5.53. The Labute approximate surface area is 257 Å². The molecule has 5 atom stereocenters. The zero-order valence-corrected chi connectivity index (χ0v) is 29.1. The van der Waals surface area contributed by atoms with Gasteiger partial charge in [-0.15, -0.1) is 0 Å². The molecule has 0 amide bonds. The summed E-state index contributed by atoms with van der Waals surface area (Å²) in [4.78, 5) is 0. The van der Waals surface area contributed by atoms with E-state index in [9.17, 15) is 21.6 Å². The standard InChI is InChI=1S/C31H48BF3O6SSi/c1-27(2,3)43(9,10)39-26-14-13-23-21-12-11-19-17-25(38-42(36,37)31(33,34)35)24(32-40-28(4,5)29(6,7)41-32)18-22(19)20(21)15-16-30(23,26)8/h17-18,20-21,23,26H,11-16H2,1-10H3/t20-,21+,23-,26-,30-/m0/s1. The van der Waals surface area contributed by atoms with Gasteiger partial charge in [0.05, 0.1) is 17.3 Å². The Bertz CT molecular complexity index is 1360. The van der Waals surface area contributed by atoms with E-state index in [0.29, 0.717) is 18.3 Å². The fourth-order valence-electron chi connectivity index (χ4n) is 7.69. The van der Waals surface area contributed by atoms with Gasteiger partial charge in [-0.05, 0) is 125 Å². The highest BCUT2D eigenvalue weighted by Gasteiger charge is 2.58. The lowest BCUT2D eigenvalue weighted by Crippen LogP contribution is -2.50. The molecule has 6 nitrogen and oxygen atoms in total. The first-order valence-electron chi connectivity index (χ1n) is 15.6. The highest BCUT2D eigenvalue weighted by atomic mass is 32.2. The summed E-state index contributed by atoms with van der Waals surface area (Å²) in [5.74, 6) is 0.729. The Kier molecular flexibility index (Phi) is 7.90. The molecule has 5 rings (SSSR count). The van der Waals surface area contributed by atoms with Gasteiger partial charge >= 0.3 is 22.7 Å². The second-order valence-corrected chi connectivity index (χ2v) is 22.4. The van der Waals surface area contributed by atoms with E-state index in [2.05, 4.69) is 40.8 Å². The molecule has 242 valence electrons. The van der Waals surface area contributed by atoms with Crippen LogP contribution in [0.4, 0.5) is 13.2 Å². The average molecular weight is 645 g/mol. The number of benzene rings is 1. The monoisotopic (exact) mass is 644 g/mol. The van der Waals surface area contributed by atoms with Gasteiger partial charge in [0.1, 0.15) is 5.75 Å². The molecule has 1 heterocycles. The van der Waals surface area contributed by atoms with Crippen molar-refractivity contribution in [2.75, 3.05) is 0 Å². The number of alkyl halides is 3. The second-order valence-electron chi connectivity index (χ2n) is 16.1. The molecule has 4 aliphatic rings. The zero-order chi connectivity index (χ0) is 32.2. The minimum atomic E-state index is -5.88. The van der Waals surface area contributed by atoms with Gasteiger partial charge in [0.2, 0.25) is 0 Å². The third-order valence-electron chi connectivity index (χ3n) is 12.0. The Morgan fingerprint density at radius 1 is 0.953 bits per heavy atom. The number of aryl methyl sites for hydroxylation is 1. The van der Waals surface area contributed by atoms with Crippen molar-refractivity contribution in [2.45, 2.75) is 141 Å². The van der Waals surface area contributed by atoms with Crippen LogP contribution in [0.1, 0.15) is 105 Å². The number of rotatable bonds is 5. The van der Waals surface area contributed by atoms with Crippen LogP contribution in [-0.2, 0) is 30.3 Å². The quantitative estimate of drug-likeness (QED) is 0.188. The van der Waals surface area contributed by atoms with Crippen molar-refractivity contribution in [3.63, 3.8) is 0 Å². The van der Waals surface area contributed by atoms with Crippen molar-refractivity contribution in [1.29, 1.82) is 0 Å². The molecular formula is C31H48BF3O6SSi. The van der Waals surface area contributed by atoms with Crippen LogP contribution in [0.2, 0.25) is 18.1 Å². The van der Waals surface area contributed by atoms with E-state index in [1.807, 2.05) is 33.8 Å². The molecule has 3 fully saturated rings. The highest BCUT2D eigenvalue weighted by molar-refractivity contribution is 7.88. The lowest BCUT2D eigenvalue weighted by atomic mass is 9.55. The molecule has 12 heteroatoms. The third-order valence-corrected chi connectivity index (χ3v) is 17.5. The summed E-state index contributed by atoms with van der Waals surface area (Å²) in [6.45, 7) is 21.3. The van der Waals surface area contributed by atoms with E-state index in [-0.39, 0.29) is 33.7 Å². The lowest BCUT2D eigenvalue weighted by molar-refractivity contribution is -0.0499. The summed E-state index contributed by atoms with van der Waals surface area (Å²) in [6, 6.07) is 3.30. The average Bonchev–Trinajstić information content (AvgIpc) is 3.27. The van der Waals surface area contributed by atoms with Crippen molar-refractivity contribution in [3.05, 3.63) is 23.3 Å². The van der Waals surface area contributed by atoms with Crippen molar-refractivity contribution >= 4 is 31.0 Å². The molecule has 0 bridgehead atoms. The van der Waals surface area contributed by atoms with E-state index in [4.69, 9.17) is 17.9 Å².